The summed E-state index contributed by atoms with van der Waals surface area (Å²) in [5.41, 5.74) is 0.346. The number of nitrogens with one attached hydrogen (secondary N) is 1. The zero-order valence-corrected chi connectivity index (χ0v) is 14.1. The Hall–Kier alpha value is -2.84. The van der Waals surface area contributed by atoms with Crippen LogP contribution in [0.25, 0.3) is 0 Å². The lowest BCUT2D eigenvalue weighted by molar-refractivity contribution is -0.490. The third-order valence-corrected chi connectivity index (χ3v) is 4.42. The van der Waals surface area contributed by atoms with Crippen LogP contribution >= 0.6 is 0 Å². The summed E-state index contributed by atoms with van der Waals surface area (Å²) in [6.07, 6.45) is -0.0903. The molecule has 9 heteroatoms. The molecule has 0 aliphatic heterocycles. The van der Waals surface area contributed by atoms with Crippen LogP contribution in [0, 0.1) is 33.7 Å². The molecule has 3 atom stereocenters. The fourth-order valence-electron chi connectivity index (χ4n) is 3.11. The Kier molecular flexibility index (Phi) is 6.37. The normalized spacial score (nSPS) is 22.1. The molecule has 1 aromatic carbocycles. The van der Waals surface area contributed by atoms with E-state index in [4.69, 9.17) is 4.74 Å². The van der Waals surface area contributed by atoms with Gasteiger partial charge in [0.2, 0.25) is 6.54 Å². The standard InChI is InChI=1S/C17H19FN2O6/c1-10-6-15(21)13(14(10)8-20(24)25)7-17(23)26-9-16(22)19-12-4-2-11(18)3-5-12/h2-5,10,13-14H,6-9H2,1H3,(H,19,22)/t10-,13+,14+/m0/s1. The average molecular weight is 366 g/mol. The summed E-state index contributed by atoms with van der Waals surface area (Å²) >= 11 is 0. The lowest BCUT2D eigenvalue weighted by Gasteiger charge is -2.17. The minimum absolute atomic E-state index is 0.174. The van der Waals surface area contributed by atoms with Crippen LogP contribution in [-0.4, -0.2) is 35.7 Å². The van der Waals surface area contributed by atoms with Gasteiger partial charge in [-0.05, 0) is 30.2 Å². The van der Waals surface area contributed by atoms with E-state index in [2.05, 4.69) is 5.32 Å². The molecule has 0 heterocycles. The van der Waals surface area contributed by atoms with Gasteiger partial charge >= 0.3 is 5.97 Å². The largest absolute Gasteiger partial charge is 0.456 e. The number of anilines is 1. The van der Waals surface area contributed by atoms with Crippen molar-refractivity contribution in [3.05, 3.63) is 40.2 Å². The number of ether oxygens (including phenoxy) is 1. The lowest BCUT2D eigenvalue weighted by atomic mass is 9.88. The van der Waals surface area contributed by atoms with Crippen molar-refractivity contribution in [2.45, 2.75) is 19.8 Å². The molecule has 0 radical (unpaired) electrons. The third kappa shape index (κ3) is 5.33. The van der Waals surface area contributed by atoms with Crippen LogP contribution in [-0.2, 0) is 19.1 Å². The van der Waals surface area contributed by atoms with E-state index in [-0.39, 0.29) is 31.1 Å². The first kappa shape index (κ1) is 19.5. The number of Topliss-reactive ketones (excluding diaryl/α,β-unsaturated/α-hetero) is 1. The van der Waals surface area contributed by atoms with Crippen molar-refractivity contribution < 1.29 is 28.4 Å². The van der Waals surface area contributed by atoms with E-state index < -0.39 is 41.1 Å². The molecule has 0 bridgehead atoms. The summed E-state index contributed by atoms with van der Waals surface area (Å²) in [6, 6.07) is 5.06. The number of nitro groups is 1. The lowest BCUT2D eigenvalue weighted by Crippen LogP contribution is -2.28. The minimum atomic E-state index is -0.764. The smallest absolute Gasteiger partial charge is 0.307 e. The maximum absolute atomic E-state index is 12.8. The molecule has 0 spiro atoms. The highest BCUT2D eigenvalue weighted by Crippen LogP contribution is 2.36. The molecule has 2 rings (SSSR count). The van der Waals surface area contributed by atoms with Crippen molar-refractivity contribution in [3.8, 4) is 0 Å². The van der Waals surface area contributed by atoms with Gasteiger partial charge in [0.05, 0.1) is 6.42 Å². The predicted molar refractivity (Wildman–Crippen MR) is 88.2 cm³/mol. The van der Waals surface area contributed by atoms with E-state index in [0.717, 1.165) is 0 Å². The van der Waals surface area contributed by atoms with E-state index in [9.17, 15) is 28.9 Å². The van der Waals surface area contributed by atoms with Crippen LogP contribution in [0.1, 0.15) is 19.8 Å². The molecule has 1 aliphatic rings. The number of ketones is 1. The van der Waals surface area contributed by atoms with Gasteiger partial charge in [0.25, 0.3) is 5.91 Å². The summed E-state index contributed by atoms with van der Waals surface area (Å²) in [4.78, 5) is 45.9. The zero-order chi connectivity index (χ0) is 19.3. The number of hydrogen-bond donors (Lipinski definition) is 1. The molecule has 140 valence electrons. The van der Waals surface area contributed by atoms with Crippen LogP contribution < -0.4 is 5.32 Å². The Morgan fingerprint density at radius 3 is 2.62 bits per heavy atom. The number of carbonyl (C=O) groups is 3. The highest BCUT2D eigenvalue weighted by atomic mass is 19.1. The highest BCUT2D eigenvalue weighted by molar-refractivity contribution is 5.93. The number of nitrogens with zero attached hydrogens (tertiary/aromatic N) is 1. The first-order chi connectivity index (χ1) is 12.3. The molecule has 0 aromatic heterocycles. The van der Waals surface area contributed by atoms with Crippen molar-refractivity contribution in [3.63, 3.8) is 0 Å². The van der Waals surface area contributed by atoms with Crippen LogP contribution in [0.2, 0.25) is 0 Å². The van der Waals surface area contributed by atoms with E-state index in [1.165, 1.54) is 24.3 Å². The Labute approximate surface area is 148 Å². The first-order valence-electron chi connectivity index (χ1n) is 8.11. The zero-order valence-electron chi connectivity index (χ0n) is 14.1. The van der Waals surface area contributed by atoms with Crippen molar-refractivity contribution in [1.29, 1.82) is 0 Å². The molecule has 1 fully saturated rings. The quantitative estimate of drug-likeness (QED) is 0.447. The van der Waals surface area contributed by atoms with Crippen molar-refractivity contribution in [1.82, 2.24) is 0 Å². The topological polar surface area (TPSA) is 116 Å². The van der Waals surface area contributed by atoms with Gasteiger partial charge in [0, 0.05) is 28.9 Å². The monoisotopic (exact) mass is 366 g/mol. The fraction of sp³-hybridized carbons (Fsp3) is 0.471. The van der Waals surface area contributed by atoms with Crippen LogP contribution in [0.3, 0.4) is 0 Å². The number of esters is 1. The SMILES string of the molecule is C[C@H]1CC(=O)[C@H](CC(=O)OCC(=O)Nc2ccc(F)cc2)[C@@H]1C[N+](=O)[O-]. The second-order valence-corrected chi connectivity index (χ2v) is 6.35. The van der Waals surface area contributed by atoms with Gasteiger partial charge in [0.1, 0.15) is 11.6 Å². The van der Waals surface area contributed by atoms with Gasteiger partial charge < -0.3 is 10.1 Å². The van der Waals surface area contributed by atoms with E-state index in [0.29, 0.717) is 5.69 Å². The van der Waals surface area contributed by atoms with E-state index in [1.54, 1.807) is 6.92 Å². The first-order valence-corrected chi connectivity index (χ1v) is 8.11. The van der Waals surface area contributed by atoms with Crippen LogP contribution in [0.15, 0.2) is 24.3 Å². The average Bonchev–Trinajstić information content (AvgIpc) is 2.81. The van der Waals surface area contributed by atoms with Gasteiger partial charge in [-0.15, -0.1) is 0 Å². The molecule has 1 aliphatic carbocycles. The molecule has 1 amide bonds. The molecule has 0 saturated heterocycles. The molecule has 8 nitrogen and oxygen atoms in total. The summed E-state index contributed by atoms with van der Waals surface area (Å²) < 4.78 is 17.6. The Morgan fingerprint density at radius 2 is 2.00 bits per heavy atom. The Morgan fingerprint density at radius 1 is 1.35 bits per heavy atom. The number of benzene rings is 1. The number of amides is 1. The minimum Gasteiger partial charge on any atom is -0.456 e. The van der Waals surface area contributed by atoms with Crippen LogP contribution in [0.4, 0.5) is 10.1 Å². The summed E-state index contributed by atoms with van der Waals surface area (Å²) in [6.45, 7) is 0.802. The molecule has 1 N–H and O–H groups in total. The van der Waals surface area contributed by atoms with Crippen molar-refractivity contribution in [2.24, 2.45) is 17.8 Å². The summed E-state index contributed by atoms with van der Waals surface area (Å²) in [5, 5.41) is 13.2. The molecule has 1 saturated carbocycles. The maximum Gasteiger partial charge on any atom is 0.307 e. The molecular formula is C17H19FN2O6. The number of halogens is 1. The maximum atomic E-state index is 12.8. The second-order valence-electron chi connectivity index (χ2n) is 6.35. The van der Waals surface area contributed by atoms with Gasteiger partial charge in [-0.2, -0.15) is 0 Å². The van der Waals surface area contributed by atoms with E-state index >= 15 is 0 Å². The fourth-order valence-corrected chi connectivity index (χ4v) is 3.11. The van der Waals surface area contributed by atoms with Gasteiger partial charge in [0.15, 0.2) is 6.61 Å². The summed E-state index contributed by atoms with van der Waals surface area (Å²) in [5.74, 6) is -3.47. The molecule has 26 heavy (non-hydrogen) atoms. The second kappa shape index (κ2) is 8.50. The number of hydrogen-bond acceptors (Lipinski definition) is 6. The van der Waals surface area contributed by atoms with Crippen molar-refractivity contribution >= 4 is 23.3 Å². The molecular weight excluding hydrogens is 347 g/mol. The molecule has 1 aromatic rings. The van der Waals surface area contributed by atoms with Gasteiger partial charge in [-0.25, -0.2) is 4.39 Å². The highest BCUT2D eigenvalue weighted by Gasteiger charge is 2.44. The Bertz CT molecular complexity index is 706. The number of carbonyl (C=O) groups excluding carboxylic acids is 3. The van der Waals surface area contributed by atoms with Crippen molar-refractivity contribution in [2.75, 3.05) is 18.5 Å². The van der Waals surface area contributed by atoms with E-state index in [1.807, 2.05) is 0 Å². The predicted octanol–water partition coefficient (Wildman–Crippen LogP) is 1.82. The summed E-state index contributed by atoms with van der Waals surface area (Å²) in [7, 11) is 0. The van der Waals surface area contributed by atoms with Gasteiger partial charge in [-0.3, -0.25) is 24.5 Å². The molecule has 0 unspecified atom stereocenters. The third-order valence-electron chi connectivity index (χ3n) is 4.42. The van der Waals surface area contributed by atoms with Crippen LogP contribution in [0.5, 0.6) is 0 Å². The van der Waals surface area contributed by atoms with Gasteiger partial charge in [-0.1, -0.05) is 6.92 Å². The number of rotatable bonds is 7. The Balaban J connectivity index is 1.83.